The van der Waals surface area contributed by atoms with E-state index in [1.807, 2.05) is 32.4 Å². The molecule has 0 unspecified atom stereocenters. The van der Waals surface area contributed by atoms with Crippen molar-refractivity contribution in [1.29, 1.82) is 0 Å². The fourth-order valence-electron chi connectivity index (χ4n) is 1.29. The first-order valence-corrected chi connectivity index (χ1v) is 4.01. The SMILES string of the molecule is CN=c1c(C)c(C)nc(C)n1C. The summed E-state index contributed by atoms with van der Waals surface area (Å²) in [5.41, 5.74) is 3.23. The fraction of sp³-hybridized carbons (Fsp3) is 0.556. The molecule has 0 aliphatic carbocycles. The van der Waals surface area contributed by atoms with Gasteiger partial charge in [0, 0.05) is 25.4 Å². The smallest absolute Gasteiger partial charge is 0.133 e. The van der Waals surface area contributed by atoms with Crippen LogP contribution in [-0.4, -0.2) is 16.6 Å². The molecule has 0 aromatic carbocycles. The van der Waals surface area contributed by atoms with Crippen molar-refractivity contribution in [3.05, 3.63) is 22.6 Å². The topological polar surface area (TPSA) is 30.2 Å². The molecular formula is C9H15N3. The van der Waals surface area contributed by atoms with Gasteiger partial charge in [-0.05, 0) is 20.8 Å². The third-order valence-electron chi connectivity index (χ3n) is 2.22. The minimum Gasteiger partial charge on any atom is -0.318 e. The van der Waals surface area contributed by atoms with E-state index in [2.05, 4.69) is 9.98 Å². The molecule has 1 rings (SSSR count). The van der Waals surface area contributed by atoms with Crippen molar-refractivity contribution >= 4 is 0 Å². The molecule has 3 heteroatoms. The summed E-state index contributed by atoms with van der Waals surface area (Å²) in [6.07, 6.45) is 0. The molecule has 66 valence electrons. The first-order valence-electron chi connectivity index (χ1n) is 4.01. The summed E-state index contributed by atoms with van der Waals surface area (Å²) >= 11 is 0. The summed E-state index contributed by atoms with van der Waals surface area (Å²) in [5, 5.41) is 0. The second-order valence-electron chi connectivity index (χ2n) is 2.98. The van der Waals surface area contributed by atoms with Gasteiger partial charge in [0.1, 0.15) is 11.3 Å². The summed E-state index contributed by atoms with van der Waals surface area (Å²) in [6, 6.07) is 0. The maximum Gasteiger partial charge on any atom is 0.133 e. The highest BCUT2D eigenvalue weighted by atomic mass is 15.1. The Morgan fingerprint density at radius 3 is 2.33 bits per heavy atom. The largest absolute Gasteiger partial charge is 0.318 e. The molecule has 0 radical (unpaired) electrons. The van der Waals surface area contributed by atoms with Crippen molar-refractivity contribution in [1.82, 2.24) is 9.55 Å². The van der Waals surface area contributed by atoms with Gasteiger partial charge < -0.3 is 4.57 Å². The molecule has 0 fully saturated rings. The van der Waals surface area contributed by atoms with Crippen molar-refractivity contribution < 1.29 is 0 Å². The van der Waals surface area contributed by atoms with Gasteiger partial charge in [-0.1, -0.05) is 0 Å². The van der Waals surface area contributed by atoms with Gasteiger partial charge >= 0.3 is 0 Å². The number of aromatic nitrogens is 2. The third-order valence-corrected chi connectivity index (χ3v) is 2.22. The van der Waals surface area contributed by atoms with E-state index < -0.39 is 0 Å². The zero-order valence-corrected chi connectivity index (χ0v) is 8.34. The molecule has 0 bridgehead atoms. The first-order chi connectivity index (χ1) is 5.57. The number of nitrogens with zero attached hydrogens (tertiary/aromatic N) is 3. The highest BCUT2D eigenvalue weighted by Gasteiger charge is 2.01. The molecule has 0 N–H and O–H groups in total. The molecule has 1 aromatic heterocycles. The van der Waals surface area contributed by atoms with Crippen LogP contribution < -0.4 is 5.49 Å². The normalized spacial score (nSPS) is 12.2. The molecular weight excluding hydrogens is 150 g/mol. The van der Waals surface area contributed by atoms with Crippen LogP contribution in [0, 0.1) is 20.8 Å². The number of hydrogen-bond donors (Lipinski definition) is 0. The van der Waals surface area contributed by atoms with Gasteiger partial charge in [-0.25, -0.2) is 4.98 Å². The quantitative estimate of drug-likeness (QED) is 0.561. The fourth-order valence-corrected chi connectivity index (χ4v) is 1.29. The lowest BCUT2D eigenvalue weighted by molar-refractivity contribution is 0.731. The summed E-state index contributed by atoms with van der Waals surface area (Å²) in [4.78, 5) is 8.60. The molecule has 12 heavy (non-hydrogen) atoms. The molecule has 0 atom stereocenters. The van der Waals surface area contributed by atoms with Gasteiger partial charge in [0.25, 0.3) is 0 Å². The van der Waals surface area contributed by atoms with Crippen LogP contribution in [0.2, 0.25) is 0 Å². The maximum atomic E-state index is 4.38. The van der Waals surface area contributed by atoms with Crippen LogP contribution in [0.3, 0.4) is 0 Å². The molecule has 0 amide bonds. The van der Waals surface area contributed by atoms with Crippen molar-refractivity contribution in [2.75, 3.05) is 7.05 Å². The van der Waals surface area contributed by atoms with Gasteiger partial charge in [0.15, 0.2) is 0 Å². The van der Waals surface area contributed by atoms with Crippen molar-refractivity contribution in [2.24, 2.45) is 12.0 Å². The van der Waals surface area contributed by atoms with Crippen LogP contribution in [0.1, 0.15) is 17.1 Å². The Labute approximate surface area is 72.8 Å². The Balaban J connectivity index is 3.66. The van der Waals surface area contributed by atoms with E-state index in [1.165, 1.54) is 0 Å². The van der Waals surface area contributed by atoms with E-state index in [-0.39, 0.29) is 0 Å². The standard InChI is InChI=1S/C9H15N3/c1-6-7(2)11-8(3)12(5)9(6)10-4/h1-5H3. The van der Waals surface area contributed by atoms with Gasteiger partial charge in [0.05, 0.1) is 0 Å². The Bertz CT molecular complexity index is 332. The van der Waals surface area contributed by atoms with Crippen LogP contribution in [0.25, 0.3) is 0 Å². The first kappa shape index (κ1) is 8.97. The van der Waals surface area contributed by atoms with Crippen molar-refractivity contribution in [3.8, 4) is 0 Å². The Morgan fingerprint density at radius 2 is 1.83 bits per heavy atom. The van der Waals surface area contributed by atoms with Crippen molar-refractivity contribution in [2.45, 2.75) is 20.8 Å². The number of rotatable bonds is 0. The second kappa shape index (κ2) is 3.09. The van der Waals surface area contributed by atoms with E-state index in [1.54, 1.807) is 7.05 Å². The predicted molar refractivity (Wildman–Crippen MR) is 48.9 cm³/mol. The molecule has 0 aliphatic rings. The minimum atomic E-state index is 0.999. The predicted octanol–water partition coefficient (Wildman–Crippen LogP) is 0.876. The molecule has 3 nitrogen and oxygen atoms in total. The molecule has 1 heterocycles. The van der Waals surface area contributed by atoms with Crippen molar-refractivity contribution in [3.63, 3.8) is 0 Å². The zero-order valence-electron chi connectivity index (χ0n) is 8.34. The van der Waals surface area contributed by atoms with E-state index >= 15 is 0 Å². The molecule has 0 saturated heterocycles. The Morgan fingerprint density at radius 1 is 1.25 bits per heavy atom. The number of hydrogen-bond acceptors (Lipinski definition) is 2. The van der Waals surface area contributed by atoms with Crippen LogP contribution >= 0.6 is 0 Å². The molecule has 0 saturated carbocycles. The highest BCUT2D eigenvalue weighted by Crippen LogP contribution is 1.97. The lowest BCUT2D eigenvalue weighted by Gasteiger charge is -2.08. The summed E-state index contributed by atoms with van der Waals surface area (Å²) in [5.74, 6) is 0.999. The summed E-state index contributed by atoms with van der Waals surface area (Å²) in [7, 11) is 3.79. The Hall–Kier alpha value is -1.12. The minimum absolute atomic E-state index is 0.999. The average molecular weight is 165 g/mol. The van der Waals surface area contributed by atoms with E-state index in [9.17, 15) is 0 Å². The lowest BCUT2D eigenvalue weighted by Crippen LogP contribution is -2.25. The second-order valence-corrected chi connectivity index (χ2v) is 2.98. The molecule has 0 aliphatic heterocycles. The van der Waals surface area contributed by atoms with Gasteiger partial charge in [-0.15, -0.1) is 0 Å². The van der Waals surface area contributed by atoms with Crippen LogP contribution in [-0.2, 0) is 7.05 Å². The summed E-state index contributed by atoms with van der Waals surface area (Å²) < 4.78 is 2.00. The van der Waals surface area contributed by atoms with Gasteiger partial charge in [-0.3, -0.25) is 4.99 Å². The van der Waals surface area contributed by atoms with E-state index in [4.69, 9.17) is 0 Å². The third kappa shape index (κ3) is 1.26. The maximum absolute atomic E-state index is 4.38. The van der Waals surface area contributed by atoms with Gasteiger partial charge in [0.2, 0.25) is 0 Å². The number of aryl methyl sites for hydroxylation is 2. The monoisotopic (exact) mass is 165 g/mol. The van der Waals surface area contributed by atoms with Crippen LogP contribution in [0.4, 0.5) is 0 Å². The van der Waals surface area contributed by atoms with Gasteiger partial charge in [-0.2, -0.15) is 0 Å². The zero-order chi connectivity index (χ0) is 9.30. The Kier molecular flexibility index (Phi) is 2.31. The lowest BCUT2D eigenvalue weighted by atomic mass is 10.2. The van der Waals surface area contributed by atoms with E-state index in [0.29, 0.717) is 0 Å². The van der Waals surface area contributed by atoms with Crippen LogP contribution in [0.15, 0.2) is 4.99 Å². The van der Waals surface area contributed by atoms with E-state index in [0.717, 1.165) is 22.6 Å². The molecule has 0 spiro atoms. The van der Waals surface area contributed by atoms with Crippen LogP contribution in [0.5, 0.6) is 0 Å². The molecule has 1 aromatic rings. The summed E-state index contributed by atoms with van der Waals surface area (Å²) in [6.45, 7) is 6.04. The highest BCUT2D eigenvalue weighted by molar-refractivity contribution is 5.14. The average Bonchev–Trinajstić information content (AvgIpc) is 2.02.